The summed E-state index contributed by atoms with van der Waals surface area (Å²) in [5.74, 6) is -0.508. The maximum absolute atomic E-state index is 12.0. The number of ether oxygens (including phenoxy) is 1. The molecule has 0 saturated heterocycles. The standard InChI is InChI=1S/C14H19ClFNO3/c15-12-5-2-11(3-6-12)4-7-13(10-14(18)17-19)20-9-1-8-16/h2-3,5-6,13,19H,1,4,7-10H2,(H,17,18). The van der Waals surface area contributed by atoms with Crippen molar-refractivity contribution in [3.05, 3.63) is 34.9 Å². The molecule has 1 atom stereocenters. The van der Waals surface area contributed by atoms with Crippen LogP contribution in [0.2, 0.25) is 5.02 Å². The Labute approximate surface area is 122 Å². The normalized spacial score (nSPS) is 12.2. The van der Waals surface area contributed by atoms with Crippen molar-refractivity contribution >= 4 is 17.5 Å². The summed E-state index contributed by atoms with van der Waals surface area (Å²) >= 11 is 5.81. The molecule has 0 radical (unpaired) electrons. The molecule has 0 saturated carbocycles. The van der Waals surface area contributed by atoms with Crippen LogP contribution in [-0.4, -0.2) is 30.5 Å². The third kappa shape index (κ3) is 6.84. The molecular weight excluding hydrogens is 285 g/mol. The molecule has 1 aromatic carbocycles. The van der Waals surface area contributed by atoms with Gasteiger partial charge in [-0.25, -0.2) is 5.48 Å². The van der Waals surface area contributed by atoms with E-state index >= 15 is 0 Å². The zero-order valence-electron chi connectivity index (χ0n) is 11.1. The van der Waals surface area contributed by atoms with Crippen LogP contribution in [-0.2, 0) is 16.0 Å². The van der Waals surface area contributed by atoms with Gasteiger partial charge in [0.15, 0.2) is 0 Å². The fourth-order valence-corrected chi connectivity index (χ4v) is 1.91. The highest BCUT2D eigenvalue weighted by molar-refractivity contribution is 6.30. The van der Waals surface area contributed by atoms with Crippen molar-refractivity contribution in [1.29, 1.82) is 0 Å². The number of rotatable bonds is 9. The van der Waals surface area contributed by atoms with E-state index in [9.17, 15) is 9.18 Å². The van der Waals surface area contributed by atoms with Crippen LogP contribution >= 0.6 is 11.6 Å². The zero-order chi connectivity index (χ0) is 14.8. The number of nitrogens with one attached hydrogen (secondary N) is 1. The van der Waals surface area contributed by atoms with Crippen LogP contribution in [0.5, 0.6) is 0 Å². The lowest BCUT2D eigenvalue weighted by molar-refractivity contribution is -0.132. The summed E-state index contributed by atoms with van der Waals surface area (Å²) in [5, 5.41) is 9.21. The van der Waals surface area contributed by atoms with Crippen LogP contribution in [0.1, 0.15) is 24.8 Å². The minimum absolute atomic E-state index is 0.0520. The number of halogens is 2. The highest BCUT2D eigenvalue weighted by Gasteiger charge is 2.14. The molecule has 0 heterocycles. The Balaban J connectivity index is 2.45. The van der Waals surface area contributed by atoms with Crippen molar-refractivity contribution in [1.82, 2.24) is 5.48 Å². The topological polar surface area (TPSA) is 58.6 Å². The van der Waals surface area contributed by atoms with Gasteiger partial charge in [-0.05, 0) is 37.0 Å². The molecule has 0 fully saturated rings. The molecule has 0 bridgehead atoms. The van der Waals surface area contributed by atoms with Gasteiger partial charge in [-0.3, -0.25) is 14.4 Å². The average Bonchev–Trinajstić information content (AvgIpc) is 2.46. The number of hydrogen-bond acceptors (Lipinski definition) is 3. The number of amides is 1. The van der Waals surface area contributed by atoms with Gasteiger partial charge in [0.1, 0.15) is 0 Å². The van der Waals surface area contributed by atoms with E-state index < -0.39 is 12.6 Å². The van der Waals surface area contributed by atoms with E-state index in [1.54, 1.807) is 17.6 Å². The Morgan fingerprint density at radius 2 is 2.10 bits per heavy atom. The lowest BCUT2D eigenvalue weighted by atomic mass is 10.0. The molecule has 0 aromatic heterocycles. The Bertz CT molecular complexity index is 400. The highest BCUT2D eigenvalue weighted by Crippen LogP contribution is 2.14. The lowest BCUT2D eigenvalue weighted by Gasteiger charge is -2.16. The summed E-state index contributed by atoms with van der Waals surface area (Å²) in [4.78, 5) is 11.2. The molecule has 0 spiro atoms. The van der Waals surface area contributed by atoms with Crippen molar-refractivity contribution in [3.8, 4) is 0 Å². The molecular formula is C14H19ClFNO3. The van der Waals surface area contributed by atoms with Gasteiger partial charge in [0.05, 0.1) is 19.2 Å². The summed E-state index contributed by atoms with van der Waals surface area (Å²) in [6.07, 6.45) is 1.34. The molecule has 0 aliphatic rings. The average molecular weight is 304 g/mol. The van der Waals surface area contributed by atoms with Gasteiger partial charge in [-0.2, -0.15) is 0 Å². The van der Waals surface area contributed by atoms with Crippen LogP contribution in [0.4, 0.5) is 4.39 Å². The summed E-state index contributed by atoms with van der Waals surface area (Å²) in [5.41, 5.74) is 2.66. The Hall–Kier alpha value is -1.17. The lowest BCUT2D eigenvalue weighted by Crippen LogP contribution is -2.27. The molecule has 1 rings (SSSR count). The fourth-order valence-electron chi connectivity index (χ4n) is 1.78. The third-order valence-corrected chi connectivity index (χ3v) is 3.09. The number of aryl methyl sites for hydroxylation is 1. The Kier molecular flexibility index (Phi) is 8.18. The van der Waals surface area contributed by atoms with Crippen LogP contribution in [0.25, 0.3) is 0 Å². The maximum Gasteiger partial charge on any atom is 0.245 e. The van der Waals surface area contributed by atoms with Crippen molar-refractivity contribution in [2.75, 3.05) is 13.3 Å². The number of carbonyl (C=O) groups is 1. The van der Waals surface area contributed by atoms with Gasteiger partial charge in [-0.15, -0.1) is 0 Å². The fraction of sp³-hybridized carbons (Fsp3) is 0.500. The van der Waals surface area contributed by atoms with Crippen LogP contribution in [0.3, 0.4) is 0 Å². The SMILES string of the molecule is O=C(CC(CCc1ccc(Cl)cc1)OCCCF)NO. The van der Waals surface area contributed by atoms with Gasteiger partial charge >= 0.3 is 0 Å². The smallest absolute Gasteiger partial charge is 0.245 e. The van der Waals surface area contributed by atoms with Gasteiger partial charge < -0.3 is 4.74 Å². The van der Waals surface area contributed by atoms with Crippen molar-refractivity contribution in [2.24, 2.45) is 0 Å². The number of alkyl halides is 1. The second kappa shape index (κ2) is 9.69. The minimum atomic E-state index is -0.508. The number of carbonyl (C=O) groups excluding carboxylic acids is 1. The second-order valence-corrected chi connectivity index (χ2v) is 4.88. The Morgan fingerprint density at radius 1 is 1.40 bits per heavy atom. The summed E-state index contributed by atoms with van der Waals surface area (Å²) in [7, 11) is 0. The number of benzene rings is 1. The van der Waals surface area contributed by atoms with E-state index in [0.29, 0.717) is 17.9 Å². The van der Waals surface area contributed by atoms with E-state index in [-0.39, 0.29) is 19.1 Å². The first-order chi connectivity index (χ1) is 9.65. The Morgan fingerprint density at radius 3 is 2.70 bits per heavy atom. The second-order valence-electron chi connectivity index (χ2n) is 4.44. The van der Waals surface area contributed by atoms with Crippen molar-refractivity contribution in [3.63, 3.8) is 0 Å². The molecule has 2 N–H and O–H groups in total. The highest BCUT2D eigenvalue weighted by atomic mass is 35.5. The largest absolute Gasteiger partial charge is 0.378 e. The van der Waals surface area contributed by atoms with Gasteiger partial charge in [0.25, 0.3) is 0 Å². The first-order valence-corrected chi connectivity index (χ1v) is 6.88. The number of hydroxylamine groups is 1. The van der Waals surface area contributed by atoms with E-state index in [0.717, 1.165) is 12.0 Å². The van der Waals surface area contributed by atoms with Crippen molar-refractivity contribution in [2.45, 2.75) is 31.8 Å². The van der Waals surface area contributed by atoms with Gasteiger partial charge in [-0.1, -0.05) is 23.7 Å². The molecule has 112 valence electrons. The molecule has 1 amide bonds. The van der Waals surface area contributed by atoms with E-state index in [1.165, 1.54) is 0 Å². The number of hydrogen-bond donors (Lipinski definition) is 2. The first kappa shape index (κ1) is 16.9. The molecule has 1 unspecified atom stereocenters. The summed E-state index contributed by atoms with van der Waals surface area (Å²) in [6.45, 7) is -0.184. The van der Waals surface area contributed by atoms with E-state index in [1.807, 2.05) is 12.1 Å². The van der Waals surface area contributed by atoms with E-state index in [2.05, 4.69) is 0 Å². The quantitative estimate of drug-likeness (QED) is 0.419. The van der Waals surface area contributed by atoms with E-state index in [4.69, 9.17) is 21.5 Å². The third-order valence-electron chi connectivity index (χ3n) is 2.84. The zero-order valence-corrected chi connectivity index (χ0v) is 11.9. The minimum Gasteiger partial charge on any atom is -0.378 e. The summed E-state index contributed by atoms with van der Waals surface area (Å²) in [6, 6.07) is 7.42. The molecule has 6 heteroatoms. The predicted octanol–water partition coefficient (Wildman–Crippen LogP) is 2.91. The molecule has 1 aromatic rings. The molecule has 20 heavy (non-hydrogen) atoms. The van der Waals surface area contributed by atoms with Crippen LogP contribution in [0.15, 0.2) is 24.3 Å². The molecule has 0 aliphatic carbocycles. The van der Waals surface area contributed by atoms with Crippen molar-refractivity contribution < 1.29 is 19.1 Å². The summed E-state index contributed by atoms with van der Waals surface area (Å²) < 4.78 is 17.5. The van der Waals surface area contributed by atoms with Gasteiger partial charge in [0.2, 0.25) is 5.91 Å². The molecule has 0 aliphatic heterocycles. The van der Waals surface area contributed by atoms with Crippen LogP contribution in [0, 0.1) is 0 Å². The maximum atomic E-state index is 12.0. The monoisotopic (exact) mass is 303 g/mol. The first-order valence-electron chi connectivity index (χ1n) is 6.50. The van der Waals surface area contributed by atoms with Gasteiger partial charge in [0, 0.05) is 11.6 Å². The molecule has 4 nitrogen and oxygen atoms in total. The van der Waals surface area contributed by atoms with Crippen LogP contribution < -0.4 is 5.48 Å². The predicted molar refractivity (Wildman–Crippen MR) is 74.7 cm³/mol.